The quantitative estimate of drug-likeness (QED) is 0.602. The fourth-order valence-electron chi connectivity index (χ4n) is 3.15. The number of rotatable bonds is 4. The number of benzene rings is 3. The van der Waals surface area contributed by atoms with Gasteiger partial charge < -0.3 is 4.57 Å². The number of hydrogen-bond donors (Lipinski definition) is 0. The Morgan fingerprint density at radius 2 is 1.12 bits per heavy atom. The van der Waals surface area contributed by atoms with E-state index in [2.05, 4.69) is 20.8 Å². The topological polar surface area (TPSA) is 34.1 Å². The van der Waals surface area contributed by atoms with Crippen LogP contribution in [0.1, 0.15) is 36.7 Å². The third-order valence-electron chi connectivity index (χ3n) is 4.49. The standard InChI is InChI=1S/C23H23O2P/c1-23(2,3)21-17-11-10-16-20(21)22(24)26(25,18-12-6-4-7-13-18)19-14-8-5-9-15-19/h4-17H,1-3H3. The molecule has 3 aromatic carbocycles. The third-order valence-corrected chi connectivity index (χ3v) is 7.35. The first kappa shape index (κ1) is 18.4. The fraction of sp³-hybridized carbons (Fsp3) is 0.174. The van der Waals surface area contributed by atoms with E-state index in [0.29, 0.717) is 16.2 Å². The molecule has 0 radical (unpaired) electrons. The first-order chi connectivity index (χ1) is 12.3. The smallest absolute Gasteiger partial charge is 0.230 e. The van der Waals surface area contributed by atoms with E-state index in [0.717, 1.165) is 5.56 Å². The number of carbonyl (C=O) groups excluding carboxylic acids is 1. The van der Waals surface area contributed by atoms with Crippen LogP contribution in [-0.2, 0) is 9.98 Å². The SMILES string of the molecule is CC(C)(C)c1ccccc1C(=O)P(=O)(c1ccccc1)c1ccccc1. The zero-order valence-corrected chi connectivity index (χ0v) is 16.2. The lowest BCUT2D eigenvalue weighted by atomic mass is 9.84. The van der Waals surface area contributed by atoms with E-state index in [1.807, 2.05) is 54.6 Å². The maximum absolute atomic E-state index is 14.2. The van der Waals surface area contributed by atoms with Gasteiger partial charge in [0.05, 0.1) is 0 Å². The van der Waals surface area contributed by atoms with Crippen LogP contribution >= 0.6 is 7.14 Å². The van der Waals surface area contributed by atoms with Crippen LogP contribution in [0.4, 0.5) is 0 Å². The minimum absolute atomic E-state index is 0.218. The first-order valence-electron chi connectivity index (χ1n) is 8.71. The number of hydrogen-bond acceptors (Lipinski definition) is 2. The van der Waals surface area contributed by atoms with Gasteiger partial charge in [0, 0.05) is 16.2 Å². The van der Waals surface area contributed by atoms with Gasteiger partial charge in [-0.1, -0.05) is 106 Å². The van der Waals surface area contributed by atoms with Crippen molar-refractivity contribution in [1.29, 1.82) is 0 Å². The van der Waals surface area contributed by atoms with E-state index in [-0.39, 0.29) is 10.9 Å². The Morgan fingerprint density at radius 1 is 0.692 bits per heavy atom. The molecule has 3 aromatic rings. The Balaban J connectivity index is 2.26. The lowest BCUT2D eigenvalue weighted by Crippen LogP contribution is -2.25. The average Bonchev–Trinajstić information content (AvgIpc) is 2.67. The summed E-state index contributed by atoms with van der Waals surface area (Å²) in [6.45, 7) is 6.19. The Bertz CT molecular complexity index is 911. The van der Waals surface area contributed by atoms with E-state index in [1.165, 1.54) is 0 Å². The lowest BCUT2D eigenvalue weighted by molar-refractivity contribution is 0.107. The van der Waals surface area contributed by atoms with Crippen molar-refractivity contribution in [3.8, 4) is 0 Å². The van der Waals surface area contributed by atoms with Gasteiger partial charge in [0.2, 0.25) is 12.7 Å². The molecular weight excluding hydrogens is 339 g/mol. The highest BCUT2D eigenvalue weighted by Gasteiger charge is 2.38. The van der Waals surface area contributed by atoms with Crippen molar-refractivity contribution in [3.05, 3.63) is 96.1 Å². The molecule has 0 aliphatic heterocycles. The molecule has 0 saturated carbocycles. The van der Waals surface area contributed by atoms with Crippen LogP contribution in [0.25, 0.3) is 0 Å². The zero-order chi connectivity index (χ0) is 18.8. The highest BCUT2D eigenvalue weighted by Crippen LogP contribution is 2.48. The second-order valence-electron chi connectivity index (χ2n) is 7.38. The molecule has 0 N–H and O–H groups in total. The van der Waals surface area contributed by atoms with Gasteiger partial charge in [0.1, 0.15) is 0 Å². The van der Waals surface area contributed by atoms with Crippen molar-refractivity contribution in [1.82, 2.24) is 0 Å². The van der Waals surface area contributed by atoms with Crippen molar-refractivity contribution in [3.63, 3.8) is 0 Å². The van der Waals surface area contributed by atoms with Crippen molar-refractivity contribution in [2.45, 2.75) is 26.2 Å². The summed E-state index contributed by atoms with van der Waals surface area (Å²) in [7, 11) is -3.47. The predicted octanol–water partition coefficient (Wildman–Crippen LogP) is 5.14. The summed E-state index contributed by atoms with van der Waals surface area (Å²) in [5, 5.41) is 1.14. The molecule has 0 aliphatic carbocycles. The summed E-state index contributed by atoms with van der Waals surface area (Å²) in [6.07, 6.45) is 0. The van der Waals surface area contributed by atoms with E-state index < -0.39 is 7.14 Å². The van der Waals surface area contributed by atoms with E-state index in [1.54, 1.807) is 30.3 Å². The van der Waals surface area contributed by atoms with Gasteiger partial charge in [-0.3, -0.25) is 4.79 Å². The van der Waals surface area contributed by atoms with Crippen LogP contribution in [0.3, 0.4) is 0 Å². The van der Waals surface area contributed by atoms with Crippen LogP contribution in [0.15, 0.2) is 84.9 Å². The summed E-state index contributed by atoms with van der Waals surface area (Å²) in [6, 6.07) is 25.7. The summed E-state index contributed by atoms with van der Waals surface area (Å²) in [5.41, 5.74) is 0.929. The van der Waals surface area contributed by atoms with Gasteiger partial charge in [-0.2, -0.15) is 0 Å². The molecule has 0 atom stereocenters. The molecule has 3 rings (SSSR count). The minimum Gasteiger partial charge on any atom is -0.305 e. The summed E-state index contributed by atoms with van der Waals surface area (Å²) < 4.78 is 14.2. The predicted molar refractivity (Wildman–Crippen MR) is 109 cm³/mol. The largest absolute Gasteiger partial charge is 0.305 e. The first-order valence-corrected chi connectivity index (χ1v) is 10.4. The molecule has 3 heteroatoms. The van der Waals surface area contributed by atoms with Gasteiger partial charge in [-0.25, -0.2) is 0 Å². The summed E-state index contributed by atoms with van der Waals surface area (Å²) >= 11 is 0. The van der Waals surface area contributed by atoms with Crippen LogP contribution in [0.5, 0.6) is 0 Å². The lowest BCUT2D eigenvalue weighted by Gasteiger charge is -2.25. The molecule has 0 unspecified atom stereocenters. The zero-order valence-electron chi connectivity index (χ0n) is 15.3. The van der Waals surface area contributed by atoms with Gasteiger partial charge >= 0.3 is 0 Å². The molecule has 0 amide bonds. The molecule has 132 valence electrons. The molecule has 0 bridgehead atoms. The Labute approximate surface area is 155 Å². The van der Waals surface area contributed by atoms with Crippen LogP contribution in [0, 0.1) is 0 Å². The highest BCUT2D eigenvalue weighted by molar-refractivity contribution is 7.93. The van der Waals surface area contributed by atoms with Crippen molar-refractivity contribution < 1.29 is 9.36 Å². The van der Waals surface area contributed by atoms with Gasteiger partial charge in [0.25, 0.3) is 0 Å². The number of carbonyl (C=O) groups is 1. The van der Waals surface area contributed by atoms with Crippen molar-refractivity contribution >= 4 is 23.3 Å². The fourth-order valence-corrected chi connectivity index (χ4v) is 5.64. The highest BCUT2D eigenvalue weighted by atomic mass is 31.2. The Hall–Kier alpha value is -2.44. The molecule has 0 aromatic heterocycles. The van der Waals surface area contributed by atoms with Crippen LogP contribution in [-0.4, -0.2) is 5.52 Å². The second kappa shape index (κ2) is 7.05. The maximum Gasteiger partial charge on any atom is 0.230 e. The normalized spacial score (nSPS) is 12.0. The van der Waals surface area contributed by atoms with Crippen molar-refractivity contribution in [2.24, 2.45) is 0 Å². The van der Waals surface area contributed by atoms with E-state index in [9.17, 15) is 9.36 Å². The minimum atomic E-state index is -3.47. The van der Waals surface area contributed by atoms with E-state index >= 15 is 0 Å². The molecule has 0 saturated heterocycles. The van der Waals surface area contributed by atoms with Gasteiger partial charge in [-0.15, -0.1) is 0 Å². The molecule has 2 nitrogen and oxygen atoms in total. The van der Waals surface area contributed by atoms with Crippen LogP contribution in [0.2, 0.25) is 0 Å². The molecule has 0 heterocycles. The monoisotopic (exact) mass is 362 g/mol. The van der Waals surface area contributed by atoms with Gasteiger partial charge in [0.15, 0.2) is 0 Å². The Kier molecular flexibility index (Phi) is 4.98. The second-order valence-corrected chi connectivity index (χ2v) is 10.0. The van der Waals surface area contributed by atoms with E-state index in [4.69, 9.17) is 0 Å². The van der Waals surface area contributed by atoms with Gasteiger partial charge in [-0.05, 0) is 11.0 Å². The summed E-state index contributed by atoms with van der Waals surface area (Å²) in [4.78, 5) is 13.7. The molecule has 0 spiro atoms. The molecule has 0 fully saturated rings. The Morgan fingerprint density at radius 3 is 1.58 bits per heavy atom. The third kappa shape index (κ3) is 3.30. The van der Waals surface area contributed by atoms with Crippen LogP contribution < -0.4 is 10.6 Å². The average molecular weight is 362 g/mol. The molecular formula is C23H23O2P. The maximum atomic E-state index is 14.2. The van der Waals surface area contributed by atoms with Crippen molar-refractivity contribution in [2.75, 3.05) is 0 Å². The molecule has 26 heavy (non-hydrogen) atoms. The molecule has 0 aliphatic rings. The summed E-state index contributed by atoms with van der Waals surface area (Å²) in [5.74, 6) is 0.